The summed E-state index contributed by atoms with van der Waals surface area (Å²) in [6, 6.07) is 7.90. The highest BCUT2D eigenvalue weighted by molar-refractivity contribution is 7.85. The summed E-state index contributed by atoms with van der Waals surface area (Å²) in [6.07, 6.45) is 1.69. The van der Waals surface area contributed by atoms with Crippen LogP contribution < -0.4 is 5.73 Å². The molecule has 1 aromatic heterocycles. The van der Waals surface area contributed by atoms with Crippen molar-refractivity contribution in [2.45, 2.75) is 18.9 Å². The van der Waals surface area contributed by atoms with Crippen molar-refractivity contribution >= 4 is 27.8 Å². The highest BCUT2D eigenvalue weighted by Gasteiger charge is 2.23. The fourth-order valence-electron chi connectivity index (χ4n) is 2.65. The molecular formula is C13H14N4OS. The molecule has 1 aromatic carbocycles. The molecule has 1 fully saturated rings. The Morgan fingerprint density at radius 1 is 1.42 bits per heavy atom. The molecule has 0 bridgehead atoms. The normalized spacial score (nSPS) is 23.3. The summed E-state index contributed by atoms with van der Waals surface area (Å²) in [5.74, 6) is 1.86. The van der Waals surface area contributed by atoms with Crippen LogP contribution in [-0.4, -0.2) is 25.3 Å². The number of nitrogens with zero attached hydrogens (tertiary/aromatic N) is 3. The zero-order chi connectivity index (χ0) is 13.4. The third kappa shape index (κ3) is 2.00. The van der Waals surface area contributed by atoms with E-state index < -0.39 is 10.8 Å². The summed E-state index contributed by atoms with van der Waals surface area (Å²) in [6.45, 7) is 0. The molecule has 2 heterocycles. The van der Waals surface area contributed by atoms with E-state index in [0.29, 0.717) is 28.5 Å². The molecule has 5 nitrogen and oxygen atoms in total. The highest BCUT2D eigenvalue weighted by atomic mass is 32.2. The van der Waals surface area contributed by atoms with Crippen LogP contribution in [0.25, 0.3) is 11.0 Å². The third-order valence-corrected chi connectivity index (χ3v) is 4.97. The minimum absolute atomic E-state index is 0.233. The van der Waals surface area contributed by atoms with E-state index in [-0.39, 0.29) is 6.04 Å². The molecule has 98 valence electrons. The van der Waals surface area contributed by atoms with Gasteiger partial charge < -0.3 is 10.3 Å². The molecule has 3 rings (SSSR count). The summed E-state index contributed by atoms with van der Waals surface area (Å²) in [7, 11) is -0.696. The van der Waals surface area contributed by atoms with Crippen molar-refractivity contribution in [3.63, 3.8) is 0 Å². The van der Waals surface area contributed by atoms with Gasteiger partial charge in [-0.3, -0.25) is 4.21 Å². The minimum atomic E-state index is -0.696. The number of fused-ring (bicyclic) bond motifs is 1. The van der Waals surface area contributed by atoms with Crippen molar-refractivity contribution in [2.75, 3.05) is 17.2 Å². The molecule has 2 aromatic rings. The van der Waals surface area contributed by atoms with Crippen LogP contribution in [0.15, 0.2) is 18.2 Å². The first kappa shape index (κ1) is 12.2. The molecule has 2 N–H and O–H groups in total. The molecule has 0 aliphatic carbocycles. The predicted octanol–water partition coefficient (Wildman–Crippen LogP) is 1.57. The Balaban J connectivity index is 2.11. The fraction of sp³-hybridized carbons (Fsp3) is 0.385. The van der Waals surface area contributed by atoms with Gasteiger partial charge in [0.1, 0.15) is 11.6 Å². The zero-order valence-electron chi connectivity index (χ0n) is 10.4. The maximum Gasteiger partial charge on any atom is 0.201 e. The van der Waals surface area contributed by atoms with Gasteiger partial charge in [0.25, 0.3) is 0 Å². The number of rotatable bonds is 1. The standard InChI is InChI=1S/C13H14N4OS/c14-8-9-2-1-3-11-12(9)16-13(15)17(11)10-4-6-19(18)7-5-10/h1-3,10H,4-7H2,(H2,15,16). The van der Waals surface area contributed by atoms with Gasteiger partial charge >= 0.3 is 0 Å². The number of nitrogen functional groups attached to an aromatic ring is 1. The second-order valence-electron chi connectivity index (χ2n) is 4.70. The summed E-state index contributed by atoms with van der Waals surface area (Å²) in [4.78, 5) is 4.32. The monoisotopic (exact) mass is 274 g/mol. The Bertz CT molecular complexity index is 690. The first-order valence-corrected chi connectivity index (χ1v) is 7.71. The number of para-hydroxylation sites is 1. The number of nitrogens with two attached hydrogens (primary N) is 1. The molecule has 0 radical (unpaired) electrons. The van der Waals surface area contributed by atoms with E-state index in [2.05, 4.69) is 11.1 Å². The Morgan fingerprint density at radius 3 is 2.84 bits per heavy atom. The third-order valence-electron chi connectivity index (χ3n) is 3.59. The smallest absolute Gasteiger partial charge is 0.201 e. The highest BCUT2D eigenvalue weighted by Crippen LogP contribution is 2.30. The molecule has 6 heteroatoms. The quantitative estimate of drug-likeness (QED) is 0.855. The Kier molecular flexibility index (Phi) is 2.99. The van der Waals surface area contributed by atoms with Gasteiger partial charge in [0.05, 0.1) is 11.1 Å². The Morgan fingerprint density at radius 2 is 2.16 bits per heavy atom. The van der Waals surface area contributed by atoms with E-state index in [9.17, 15) is 4.21 Å². The van der Waals surface area contributed by atoms with E-state index in [4.69, 9.17) is 11.0 Å². The second-order valence-corrected chi connectivity index (χ2v) is 6.40. The van der Waals surface area contributed by atoms with Gasteiger partial charge in [-0.05, 0) is 25.0 Å². The summed E-state index contributed by atoms with van der Waals surface area (Å²) in [5.41, 5.74) is 8.11. The Hall–Kier alpha value is -1.87. The van der Waals surface area contributed by atoms with E-state index in [1.807, 2.05) is 16.7 Å². The van der Waals surface area contributed by atoms with Crippen molar-refractivity contribution in [1.29, 1.82) is 5.26 Å². The van der Waals surface area contributed by atoms with E-state index in [0.717, 1.165) is 18.4 Å². The predicted molar refractivity (Wildman–Crippen MR) is 75.0 cm³/mol. The van der Waals surface area contributed by atoms with Crippen LogP contribution in [0, 0.1) is 11.3 Å². The lowest BCUT2D eigenvalue weighted by atomic mass is 10.1. The molecule has 0 unspecified atom stereocenters. The minimum Gasteiger partial charge on any atom is -0.369 e. The first-order chi connectivity index (χ1) is 9.20. The number of imidazole rings is 1. The lowest BCUT2D eigenvalue weighted by molar-refractivity contribution is 0.478. The number of hydrogen-bond acceptors (Lipinski definition) is 4. The van der Waals surface area contributed by atoms with Crippen LogP contribution in [0.1, 0.15) is 24.4 Å². The van der Waals surface area contributed by atoms with Gasteiger partial charge in [-0.15, -0.1) is 0 Å². The average Bonchev–Trinajstić information content (AvgIpc) is 2.76. The van der Waals surface area contributed by atoms with Crippen molar-refractivity contribution in [2.24, 2.45) is 0 Å². The van der Waals surface area contributed by atoms with E-state index >= 15 is 0 Å². The molecule has 1 aliphatic rings. The zero-order valence-corrected chi connectivity index (χ0v) is 11.2. The molecule has 19 heavy (non-hydrogen) atoms. The number of anilines is 1. The molecule has 0 amide bonds. The topological polar surface area (TPSA) is 84.7 Å². The Labute approximate surface area is 113 Å². The van der Waals surface area contributed by atoms with Crippen LogP contribution in [-0.2, 0) is 10.8 Å². The molecular weight excluding hydrogens is 260 g/mol. The van der Waals surface area contributed by atoms with Crippen molar-refractivity contribution < 1.29 is 4.21 Å². The first-order valence-electron chi connectivity index (χ1n) is 6.22. The SMILES string of the molecule is N#Cc1cccc2c1nc(N)n2C1CCS(=O)CC1. The summed E-state index contributed by atoms with van der Waals surface area (Å²) >= 11 is 0. The van der Waals surface area contributed by atoms with Gasteiger partial charge in [-0.1, -0.05) is 6.07 Å². The largest absolute Gasteiger partial charge is 0.369 e. The maximum atomic E-state index is 11.4. The molecule has 0 spiro atoms. The van der Waals surface area contributed by atoms with Crippen LogP contribution in [0.4, 0.5) is 5.95 Å². The van der Waals surface area contributed by atoms with Gasteiger partial charge in [0.15, 0.2) is 0 Å². The fourth-order valence-corrected chi connectivity index (χ4v) is 3.92. The molecule has 1 aliphatic heterocycles. The van der Waals surface area contributed by atoms with Crippen molar-refractivity contribution in [3.8, 4) is 6.07 Å². The summed E-state index contributed by atoms with van der Waals surface area (Å²) in [5, 5.41) is 9.10. The molecule has 1 saturated heterocycles. The van der Waals surface area contributed by atoms with Crippen LogP contribution in [0.2, 0.25) is 0 Å². The lowest BCUT2D eigenvalue weighted by Gasteiger charge is -2.24. The van der Waals surface area contributed by atoms with Crippen LogP contribution in [0.3, 0.4) is 0 Å². The van der Waals surface area contributed by atoms with Gasteiger partial charge in [-0.25, -0.2) is 4.98 Å². The van der Waals surface area contributed by atoms with E-state index in [1.54, 1.807) is 6.07 Å². The number of nitriles is 1. The second kappa shape index (κ2) is 4.67. The van der Waals surface area contributed by atoms with E-state index in [1.165, 1.54) is 0 Å². The number of aromatic nitrogens is 2. The average molecular weight is 274 g/mol. The van der Waals surface area contributed by atoms with Gasteiger partial charge in [0, 0.05) is 28.3 Å². The lowest BCUT2D eigenvalue weighted by Crippen LogP contribution is -2.22. The summed E-state index contributed by atoms with van der Waals surface area (Å²) < 4.78 is 13.4. The van der Waals surface area contributed by atoms with Gasteiger partial charge in [0.2, 0.25) is 5.95 Å². The van der Waals surface area contributed by atoms with Crippen molar-refractivity contribution in [1.82, 2.24) is 9.55 Å². The van der Waals surface area contributed by atoms with Crippen LogP contribution in [0.5, 0.6) is 0 Å². The number of benzene rings is 1. The van der Waals surface area contributed by atoms with Crippen molar-refractivity contribution in [3.05, 3.63) is 23.8 Å². The maximum absolute atomic E-state index is 11.4. The van der Waals surface area contributed by atoms with Gasteiger partial charge in [-0.2, -0.15) is 5.26 Å². The number of hydrogen-bond donors (Lipinski definition) is 1. The molecule has 0 saturated carbocycles. The molecule has 0 atom stereocenters. The van der Waals surface area contributed by atoms with Crippen LogP contribution >= 0.6 is 0 Å².